The Hall–Kier alpha value is -2.32. The first-order valence-corrected chi connectivity index (χ1v) is 4.83. The summed E-state index contributed by atoms with van der Waals surface area (Å²) in [5.41, 5.74) is -8.04. The second kappa shape index (κ2) is 5.98. The van der Waals surface area contributed by atoms with Crippen molar-refractivity contribution in [3.63, 3.8) is 0 Å². The molecule has 0 fully saturated rings. The second-order valence-corrected chi connectivity index (χ2v) is 3.75. The van der Waals surface area contributed by atoms with Crippen molar-refractivity contribution in [3.8, 4) is 0 Å². The molecule has 0 aromatic heterocycles. The van der Waals surface area contributed by atoms with Crippen molar-refractivity contribution in [1.29, 1.82) is 0 Å². The van der Waals surface area contributed by atoms with E-state index in [1.54, 1.807) is 0 Å². The molecule has 9 N–H and O–H groups in total. The van der Waals surface area contributed by atoms with Gasteiger partial charge in [0.1, 0.15) is 0 Å². The summed E-state index contributed by atoms with van der Waals surface area (Å²) in [6.07, 6.45) is -6.41. The lowest BCUT2D eigenvalue weighted by atomic mass is 10.00. The molecule has 0 saturated carbocycles. The fourth-order valence-electron chi connectivity index (χ4n) is 1.13. The zero-order valence-electron chi connectivity index (χ0n) is 9.87. The number of carboxylic acid groups (broad SMARTS) is 4. The number of aliphatic carboxylic acids is 4. The Bertz CT molecular complexity index is 434. The average Bonchev–Trinajstić information content (AvgIpc) is 2.35. The van der Waals surface area contributed by atoms with Crippen LogP contribution in [0, 0.1) is 0 Å². The van der Waals surface area contributed by atoms with Gasteiger partial charge in [0.2, 0.25) is 12.2 Å². The van der Waals surface area contributed by atoms with E-state index >= 15 is 0 Å². The number of hydrogen-bond donors (Lipinski definition) is 9. The van der Waals surface area contributed by atoms with Crippen LogP contribution in [0.1, 0.15) is 0 Å². The van der Waals surface area contributed by atoms with E-state index in [0.717, 1.165) is 5.32 Å². The van der Waals surface area contributed by atoms with Crippen LogP contribution < -0.4 is 5.32 Å². The minimum atomic E-state index is -4.02. The Morgan fingerprint density at radius 2 is 0.952 bits per heavy atom. The summed E-state index contributed by atoms with van der Waals surface area (Å²) in [4.78, 5) is 42.6. The summed E-state index contributed by atoms with van der Waals surface area (Å²) < 4.78 is 0. The minimum Gasteiger partial charge on any atom is -0.479 e. The molecule has 0 rings (SSSR count). The number of rotatable bonds is 8. The van der Waals surface area contributed by atoms with Gasteiger partial charge in [0.05, 0.1) is 0 Å². The van der Waals surface area contributed by atoms with Gasteiger partial charge in [-0.15, -0.1) is 0 Å². The first-order valence-electron chi connectivity index (χ1n) is 4.83. The Balaban J connectivity index is 5.88. The Morgan fingerprint density at radius 3 is 1.10 bits per heavy atom. The van der Waals surface area contributed by atoms with Crippen LogP contribution in [0.15, 0.2) is 0 Å². The standard InChI is InChI=1S/C8H11NO12/c10-1(3(12)13)7(20,5(16)17)9-8(21,6(18)19)2(11)4(14)15/h1-2,9-11,20-21H,(H,12,13)(H,14,15)(H,16,17)(H,18,19). The van der Waals surface area contributed by atoms with Crippen LogP contribution in [-0.4, -0.2) is 88.4 Å². The lowest BCUT2D eigenvalue weighted by molar-refractivity contribution is -0.221. The highest BCUT2D eigenvalue weighted by Crippen LogP contribution is 2.17. The van der Waals surface area contributed by atoms with Crippen LogP contribution in [-0.2, 0) is 19.2 Å². The molecule has 21 heavy (non-hydrogen) atoms. The molecule has 0 saturated heterocycles. The van der Waals surface area contributed by atoms with E-state index in [1.165, 1.54) is 0 Å². The van der Waals surface area contributed by atoms with Crippen molar-refractivity contribution < 1.29 is 60.0 Å². The largest absolute Gasteiger partial charge is 0.479 e. The molecule has 0 aromatic carbocycles. The van der Waals surface area contributed by atoms with Gasteiger partial charge in [0.25, 0.3) is 11.4 Å². The smallest absolute Gasteiger partial charge is 0.354 e. The van der Waals surface area contributed by atoms with E-state index in [4.69, 9.17) is 30.6 Å². The Morgan fingerprint density at radius 1 is 0.714 bits per heavy atom. The van der Waals surface area contributed by atoms with Crippen molar-refractivity contribution in [2.75, 3.05) is 0 Å². The van der Waals surface area contributed by atoms with Crippen molar-refractivity contribution in [3.05, 3.63) is 0 Å². The predicted molar refractivity (Wildman–Crippen MR) is 55.6 cm³/mol. The minimum absolute atomic E-state index is 0.818. The monoisotopic (exact) mass is 313 g/mol. The van der Waals surface area contributed by atoms with E-state index in [-0.39, 0.29) is 0 Å². The van der Waals surface area contributed by atoms with Crippen LogP contribution >= 0.6 is 0 Å². The quantitative estimate of drug-likeness (QED) is 0.191. The molecular formula is C8H11NO12. The number of aliphatic hydroxyl groups is 4. The first-order chi connectivity index (χ1) is 9.30. The lowest BCUT2D eigenvalue weighted by Gasteiger charge is -2.35. The highest BCUT2D eigenvalue weighted by atomic mass is 16.5. The third kappa shape index (κ3) is 3.41. The van der Waals surface area contributed by atoms with Crippen LogP contribution in [0.25, 0.3) is 0 Å². The third-order valence-corrected chi connectivity index (χ3v) is 2.29. The van der Waals surface area contributed by atoms with E-state index in [0.29, 0.717) is 0 Å². The van der Waals surface area contributed by atoms with E-state index < -0.39 is 47.5 Å². The zero-order valence-corrected chi connectivity index (χ0v) is 9.87. The van der Waals surface area contributed by atoms with Gasteiger partial charge in [-0.2, -0.15) is 0 Å². The maximum Gasteiger partial charge on any atom is 0.354 e. The lowest BCUT2D eigenvalue weighted by Crippen LogP contribution is -2.75. The van der Waals surface area contributed by atoms with Gasteiger partial charge >= 0.3 is 23.9 Å². The van der Waals surface area contributed by atoms with E-state index in [9.17, 15) is 29.4 Å². The van der Waals surface area contributed by atoms with Crippen molar-refractivity contribution in [2.24, 2.45) is 0 Å². The molecule has 0 radical (unpaired) electrons. The maximum atomic E-state index is 10.8. The van der Waals surface area contributed by atoms with Crippen LogP contribution in [0.4, 0.5) is 0 Å². The summed E-state index contributed by atoms with van der Waals surface area (Å²) in [6.45, 7) is 0. The van der Waals surface area contributed by atoms with Gasteiger partial charge in [-0.25, -0.2) is 24.5 Å². The topological polar surface area (TPSA) is 242 Å². The molecule has 4 atom stereocenters. The number of carboxylic acids is 4. The molecule has 0 bridgehead atoms. The van der Waals surface area contributed by atoms with E-state index in [1.807, 2.05) is 0 Å². The molecule has 120 valence electrons. The summed E-state index contributed by atoms with van der Waals surface area (Å²) in [5.74, 6) is -9.81. The predicted octanol–water partition coefficient (Wildman–Crippen LogP) is -4.99. The van der Waals surface area contributed by atoms with Gasteiger partial charge in [-0.05, 0) is 0 Å². The van der Waals surface area contributed by atoms with Gasteiger partial charge in [0, 0.05) is 0 Å². The van der Waals surface area contributed by atoms with Crippen LogP contribution in [0.5, 0.6) is 0 Å². The van der Waals surface area contributed by atoms with Gasteiger partial charge in [-0.1, -0.05) is 0 Å². The molecule has 4 unspecified atom stereocenters. The second-order valence-electron chi connectivity index (χ2n) is 3.75. The molecule has 0 amide bonds. The number of carbonyl (C=O) groups is 4. The molecule has 0 heterocycles. The van der Waals surface area contributed by atoms with E-state index in [2.05, 4.69) is 0 Å². The molecule has 13 heteroatoms. The molecule has 13 nitrogen and oxygen atoms in total. The van der Waals surface area contributed by atoms with Crippen LogP contribution in [0.2, 0.25) is 0 Å². The SMILES string of the molecule is O=C(O)C(O)C(O)(NC(O)(C(=O)O)C(O)C(=O)O)C(=O)O. The molecule has 0 aliphatic carbocycles. The number of aliphatic hydroxyl groups excluding tert-OH is 2. The van der Waals surface area contributed by atoms with Crippen molar-refractivity contribution >= 4 is 23.9 Å². The first kappa shape index (κ1) is 18.7. The molecule has 0 aromatic rings. The normalized spacial score (nSPS) is 19.6. The maximum absolute atomic E-state index is 10.8. The fraction of sp³-hybridized carbons (Fsp3) is 0.500. The van der Waals surface area contributed by atoms with Gasteiger partial charge < -0.3 is 40.9 Å². The molecule has 0 spiro atoms. The average molecular weight is 313 g/mol. The molecular weight excluding hydrogens is 302 g/mol. The zero-order chi connectivity index (χ0) is 17.2. The number of hydrogen-bond acceptors (Lipinski definition) is 9. The summed E-state index contributed by atoms with van der Waals surface area (Å²) >= 11 is 0. The Kier molecular flexibility index (Phi) is 5.32. The highest BCUT2D eigenvalue weighted by Gasteiger charge is 2.59. The van der Waals surface area contributed by atoms with Gasteiger partial charge in [-0.3, -0.25) is 0 Å². The van der Waals surface area contributed by atoms with Gasteiger partial charge in [0.15, 0.2) is 0 Å². The summed E-state index contributed by atoms with van der Waals surface area (Å²) in [7, 11) is 0. The third-order valence-electron chi connectivity index (χ3n) is 2.29. The fourth-order valence-corrected chi connectivity index (χ4v) is 1.13. The summed E-state index contributed by atoms with van der Waals surface area (Å²) in [6, 6.07) is 0. The highest BCUT2D eigenvalue weighted by molar-refractivity contribution is 5.90. The van der Waals surface area contributed by atoms with Crippen molar-refractivity contribution in [2.45, 2.75) is 23.7 Å². The summed E-state index contributed by atoms with van der Waals surface area (Å²) in [5, 5.41) is 72.0. The Labute approximate surface area is 114 Å². The van der Waals surface area contributed by atoms with Crippen molar-refractivity contribution in [1.82, 2.24) is 5.32 Å². The number of nitrogens with one attached hydrogen (secondary N) is 1. The molecule has 0 aliphatic heterocycles. The van der Waals surface area contributed by atoms with Crippen LogP contribution in [0.3, 0.4) is 0 Å². The molecule has 0 aliphatic rings.